The number of piperidine rings is 1. The molecule has 31 heavy (non-hydrogen) atoms. The molecule has 2 aromatic rings. The Morgan fingerprint density at radius 1 is 1.13 bits per heavy atom. The van der Waals surface area contributed by atoms with Crippen LogP contribution in [0.25, 0.3) is 5.57 Å². The molecule has 4 nitrogen and oxygen atoms in total. The summed E-state index contributed by atoms with van der Waals surface area (Å²) in [4.78, 5) is 12.4. The van der Waals surface area contributed by atoms with Gasteiger partial charge in [-0.1, -0.05) is 23.2 Å². The standard InChI is InChI=1S/C22H21Cl2F2NO3.ClH/c23-20-10-15(25)3-5-17(20)19(18-6-4-16(26)11-21(18)24)13-30-9-8-27-7-1-2-14(12-27)22(28)29;/h3-6,10-11,13-14H,1-2,7-9,12H2,(H,28,29);1H/t14-;/m1./s1. The van der Waals surface area contributed by atoms with E-state index in [9.17, 15) is 18.7 Å². The van der Waals surface area contributed by atoms with Crippen molar-refractivity contribution in [1.82, 2.24) is 0 Å². The second-order valence-corrected chi connectivity index (χ2v) is 8.10. The normalized spacial score (nSPS) is 18.1. The van der Waals surface area contributed by atoms with E-state index in [-0.39, 0.29) is 28.4 Å². The van der Waals surface area contributed by atoms with Gasteiger partial charge in [0.05, 0.1) is 29.4 Å². The summed E-state index contributed by atoms with van der Waals surface area (Å²) in [5.74, 6) is -2.03. The average molecular weight is 493 g/mol. The number of aliphatic carboxylic acids is 1. The minimum Gasteiger partial charge on any atom is -1.00 e. The first kappa shape index (κ1) is 25.4. The highest BCUT2D eigenvalue weighted by Crippen LogP contribution is 2.34. The van der Waals surface area contributed by atoms with E-state index in [4.69, 9.17) is 27.9 Å². The van der Waals surface area contributed by atoms with E-state index >= 15 is 0 Å². The maximum Gasteiger partial charge on any atom is 0.312 e. The smallest absolute Gasteiger partial charge is 0.312 e. The quantitative estimate of drug-likeness (QED) is 0.449. The van der Waals surface area contributed by atoms with Gasteiger partial charge >= 0.3 is 5.97 Å². The van der Waals surface area contributed by atoms with Gasteiger partial charge in [0.2, 0.25) is 0 Å². The van der Waals surface area contributed by atoms with Crippen LogP contribution in [0.2, 0.25) is 10.0 Å². The van der Waals surface area contributed by atoms with Crippen LogP contribution in [0.3, 0.4) is 0 Å². The molecular formula is C22H22Cl3F2NO3. The summed E-state index contributed by atoms with van der Waals surface area (Å²) >= 11 is 12.4. The van der Waals surface area contributed by atoms with Crippen LogP contribution in [-0.4, -0.2) is 37.3 Å². The molecule has 1 unspecified atom stereocenters. The van der Waals surface area contributed by atoms with Crippen molar-refractivity contribution in [3.8, 4) is 0 Å². The third-order valence-corrected chi connectivity index (χ3v) is 5.81. The van der Waals surface area contributed by atoms with Gasteiger partial charge in [-0.05, 0) is 49.2 Å². The molecule has 168 valence electrons. The number of hydrogen-bond acceptors (Lipinski definition) is 2. The van der Waals surface area contributed by atoms with Crippen LogP contribution in [0, 0.1) is 17.6 Å². The van der Waals surface area contributed by atoms with Crippen LogP contribution in [0.5, 0.6) is 0 Å². The third-order valence-electron chi connectivity index (χ3n) is 5.18. The number of rotatable bonds is 7. The van der Waals surface area contributed by atoms with Crippen LogP contribution in [0.4, 0.5) is 8.78 Å². The second kappa shape index (κ2) is 11.7. The molecule has 1 heterocycles. The van der Waals surface area contributed by atoms with Gasteiger partial charge in [0.1, 0.15) is 30.7 Å². The number of hydrogen-bond donors (Lipinski definition) is 2. The van der Waals surface area contributed by atoms with E-state index in [1.54, 1.807) is 0 Å². The van der Waals surface area contributed by atoms with Gasteiger partial charge in [-0.2, -0.15) is 0 Å². The van der Waals surface area contributed by atoms with E-state index in [0.29, 0.717) is 42.8 Å². The van der Waals surface area contributed by atoms with Crippen LogP contribution in [0.1, 0.15) is 24.0 Å². The molecule has 1 fully saturated rings. The number of likely N-dealkylation sites (tertiary alicyclic amines) is 1. The highest BCUT2D eigenvalue weighted by molar-refractivity contribution is 6.34. The Balaban J connectivity index is 0.00000341. The SMILES string of the molecule is O=C(O)[C@@H]1CCC[NH+](CCOC=C(c2ccc(F)cc2Cl)c2ccc(F)cc2Cl)C1.[Cl-]. The monoisotopic (exact) mass is 491 g/mol. The second-order valence-electron chi connectivity index (χ2n) is 7.28. The number of halogens is 5. The van der Waals surface area contributed by atoms with Gasteiger partial charge in [-0.15, -0.1) is 0 Å². The summed E-state index contributed by atoms with van der Waals surface area (Å²) < 4.78 is 32.7. The summed E-state index contributed by atoms with van der Waals surface area (Å²) in [6, 6.07) is 7.95. The molecule has 0 aromatic heterocycles. The molecule has 0 saturated carbocycles. The lowest BCUT2D eigenvalue weighted by Gasteiger charge is -2.27. The van der Waals surface area contributed by atoms with Crippen LogP contribution < -0.4 is 17.3 Å². The molecular weight excluding hydrogens is 471 g/mol. The fraction of sp³-hybridized carbons (Fsp3) is 0.318. The highest BCUT2D eigenvalue weighted by atomic mass is 35.5. The fourth-order valence-electron chi connectivity index (χ4n) is 3.62. The molecule has 1 saturated heterocycles. The number of carbonyl (C=O) groups is 1. The molecule has 1 aliphatic heterocycles. The predicted octanol–water partition coefficient (Wildman–Crippen LogP) is 1.06. The molecule has 0 spiro atoms. The van der Waals surface area contributed by atoms with Crippen LogP contribution >= 0.6 is 23.2 Å². The Morgan fingerprint density at radius 3 is 2.23 bits per heavy atom. The first-order valence-electron chi connectivity index (χ1n) is 9.64. The first-order chi connectivity index (χ1) is 14.3. The lowest BCUT2D eigenvalue weighted by atomic mass is 9.98. The fourth-order valence-corrected chi connectivity index (χ4v) is 4.16. The summed E-state index contributed by atoms with van der Waals surface area (Å²) in [6.07, 6.45) is 3.05. The lowest BCUT2D eigenvalue weighted by Crippen LogP contribution is -3.14. The largest absolute Gasteiger partial charge is 1.00 e. The number of nitrogens with one attached hydrogen (secondary N) is 1. The third kappa shape index (κ3) is 6.81. The topological polar surface area (TPSA) is 51.0 Å². The molecule has 0 amide bonds. The predicted molar refractivity (Wildman–Crippen MR) is 112 cm³/mol. The molecule has 2 N–H and O–H groups in total. The number of carboxylic acid groups (broad SMARTS) is 1. The van der Waals surface area contributed by atoms with Crippen molar-refractivity contribution in [2.75, 3.05) is 26.2 Å². The molecule has 0 bridgehead atoms. The Bertz CT molecular complexity index is 902. The van der Waals surface area contributed by atoms with Gasteiger partial charge in [0.15, 0.2) is 0 Å². The van der Waals surface area contributed by atoms with Gasteiger partial charge in [-0.3, -0.25) is 4.79 Å². The van der Waals surface area contributed by atoms with Crippen LogP contribution in [0.15, 0.2) is 42.7 Å². The molecule has 0 radical (unpaired) electrons. The molecule has 3 rings (SSSR count). The minimum atomic E-state index is -0.757. The van der Waals surface area contributed by atoms with E-state index in [1.165, 1.54) is 47.6 Å². The number of benzene rings is 2. The van der Waals surface area contributed by atoms with E-state index in [0.717, 1.165) is 13.0 Å². The lowest BCUT2D eigenvalue weighted by molar-refractivity contribution is -0.907. The summed E-state index contributed by atoms with van der Waals surface area (Å²) in [5.41, 5.74) is 1.51. The molecule has 2 aromatic carbocycles. The van der Waals surface area contributed by atoms with Gasteiger partial charge in [0, 0.05) is 16.7 Å². The summed E-state index contributed by atoms with van der Waals surface area (Å²) in [6.45, 7) is 2.46. The maximum atomic E-state index is 13.5. The van der Waals surface area contributed by atoms with Crippen molar-refractivity contribution in [2.24, 2.45) is 5.92 Å². The molecule has 2 atom stereocenters. The number of ether oxygens (including phenoxy) is 1. The number of quaternary nitrogens is 1. The molecule has 9 heteroatoms. The summed E-state index contributed by atoms with van der Waals surface area (Å²) in [7, 11) is 0. The van der Waals surface area contributed by atoms with Crippen molar-refractivity contribution >= 4 is 34.7 Å². The highest BCUT2D eigenvalue weighted by Gasteiger charge is 2.28. The van der Waals surface area contributed by atoms with E-state index in [1.807, 2.05) is 0 Å². The van der Waals surface area contributed by atoms with Crippen molar-refractivity contribution in [2.45, 2.75) is 12.8 Å². The zero-order valence-corrected chi connectivity index (χ0v) is 18.8. The van der Waals surface area contributed by atoms with Crippen molar-refractivity contribution < 1.29 is 40.7 Å². The Morgan fingerprint density at radius 2 is 1.71 bits per heavy atom. The zero-order valence-electron chi connectivity index (χ0n) is 16.5. The Labute approximate surface area is 195 Å². The van der Waals surface area contributed by atoms with Crippen molar-refractivity contribution in [3.05, 3.63) is 75.5 Å². The van der Waals surface area contributed by atoms with Crippen LogP contribution in [-0.2, 0) is 9.53 Å². The van der Waals surface area contributed by atoms with Gasteiger partial charge in [-0.25, -0.2) is 8.78 Å². The average Bonchev–Trinajstić information content (AvgIpc) is 2.70. The first-order valence-corrected chi connectivity index (χ1v) is 10.4. The van der Waals surface area contributed by atoms with Gasteiger partial charge < -0.3 is 27.2 Å². The Hall–Kier alpha value is -1.86. The number of carboxylic acids is 1. The molecule has 1 aliphatic rings. The minimum absolute atomic E-state index is 0. The van der Waals surface area contributed by atoms with E-state index < -0.39 is 17.6 Å². The van der Waals surface area contributed by atoms with E-state index in [2.05, 4.69) is 0 Å². The zero-order chi connectivity index (χ0) is 21.7. The molecule has 0 aliphatic carbocycles. The van der Waals surface area contributed by atoms with Crippen molar-refractivity contribution in [3.63, 3.8) is 0 Å². The van der Waals surface area contributed by atoms with Gasteiger partial charge in [0.25, 0.3) is 0 Å². The Kier molecular flexibility index (Phi) is 9.56. The van der Waals surface area contributed by atoms with Crippen molar-refractivity contribution in [1.29, 1.82) is 0 Å². The maximum absolute atomic E-state index is 13.5. The summed E-state index contributed by atoms with van der Waals surface area (Å²) in [5, 5.41) is 9.57.